The molecule has 0 bridgehead atoms. The first kappa shape index (κ1) is 25.6. The normalized spacial score (nSPS) is 19.7. The Bertz CT molecular complexity index is 1250. The van der Waals surface area contributed by atoms with E-state index in [4.69, 9.17) is 15.6 Å². The van der Waals surface area contributed by atoms with Crippen LogP contribution in [-0.4, -0.2) is 51.6 Å². The van der Waals surface area contributed by atoms with E-state index in [-0.39, 0.29) is 43.6 Å². The summed E-state index contributed by atoms with van der Waals surface area (Å²) in [6.45, 7) is 1.80. The number of pyridine rings is 1. The number of ether oxygens (including phenoxy) is 1. The number of rotatable bonds is 9. The highest BCUT2D eigenvalue weighted by atomic mass is 19.1. The zero-order chi connectivity index (χ0) is 25.7. The van der Waals surface area contributed by atoms with E-state index >= 15 is 0 Å². The average molecular weight is 498 g/mol. The highest BCUT2D eigenvalue weighted by Crippen LogP contribution is 2.32. The fourth-order valence-electron chi connectivity index (χ4n) is 4.76. The van der Waals surface area contributed by atoms with Crippen molar-refractivity contribution in [3.05, 3.63) is 53.6 Å². The van der Waals surface area contributed by atoms with Crippen molar-refractivity contribution in [3.63, 3.8) is 0 Å². The molecule has 10 heteroatoms. The minimum absolute atomic E-state index is 0.0644. The second kappa shape index (κ2) is 11.0. The topological polar surface area (TPSA) is 142 Å². The summed E-state index contributed by atoms with van der Waals surface area (Å²) in [7, 11) is 0. The number of hydrogen-bond donors (Lipinski definition) is 5. The standard InChI is InChI=1S/C26H32FN5O4/c1-16-15-31-24-23(16)20(9-11-29-24)36-19-7-5-17(14-18(19)27)6-8-22(34)32-26(25(35)30-12-13-33)10-3-2-4-21(26)28/h5,7,9,11,14-15,21,33H,2-4,6,8,10,12-13,28H2,1H3,(H,29,31)(H,30,35)(H,32,34). The van der Waals surface area contributed by atoms with Gasteiger partial charge < -0.3 is 31.2 Å². The van der Waals surface area contributed by atoms with Crippen LogP contribution in [0.1, 0.15) is 43.2 Å². The lowest BCUT2D eigenvalue weighted by atomic mass is 9.76. The maximum absolute atomic E-state index is 14.9. The molecule has 0 radical (unpaired) electrons. The van der Waals surface area contributed by atoms with Crippen molar-refractivity contribution >= 4 is 22.8 Å². The molecule has 36 heavy (non-hydrogen) atoms. The average Bonchev–Trinajstić information content (AvgIpc) is 3.25. The summed E-state index contributed by atoms with van der Waals surface area (Å²) in [5, 5.41) is 15.3. The lowest BCUT2D eigenvalue weighted by Crippen LogP contribution is -2.69. The molecule has 2 aromatic heterocycles. The van der Waals surface area contributed by atoms with Gasteiger partial charge in [0.1, 0.15) is 16.9 Å². The van der Waals surface area contributed by atoms with Crippen LogP contribution in [0, 0.1) is 12.7 Å². The molecular weight excluding hydrogens is 465 g/mol. The summed E-state index contributed by atoms with van der Waals surface area (Å²) < 4.78 is 20.7. The van der Waals surface area contributed by atoms with Crippen LogP contribution in [0.4, 0.5) is 4.39 Å². The highest BCUT2D eigenvalue weighted by molar-refractivity contribution is 5.92. The van der Waals surface area contributed by atoms with Crippen LogP contribution in [-0.2, 0) is 16.0 Å². The van der Waals surface area contributed by atoms with Gasteiger partial charge in [0.2, 0.25) is 11.8 Å². The first-order valence-electron chi connectivity index (χ1n) is 12.2. The predicted octanol–water partition coefficient (Wildman–Crippen LogP) is 2.60. The summed E-state index contributed by atoms with van der Waals surface area (Å²) in [6.07, 6.45) is 6.45. The van der Waals surface area contributed by atoms with Gasteiger partial charge in [-0.05, 0) is 55.5 Å². The van der Waals surface area contributed by atoms with E-state index in [1.807, 2.05) is 13.1 Å². The van der Waals surface area contributed by atoms with Gasteiger partial charge in [0.25, 0.3) is 0 Å². The van der Waals surface area contributed by atoms with Crippen molar-refractivity contribution < 1.29 is 23.8 Å². The molecule has 3 aromatic rings. The second-order valence-electron chi connectivity index (χ2n) is 9.22. The van der Waals surface area contributed by atoms with Crippen molar-refractivity contribution in [1.29, 1.82) is 0 Å². The first-order valence-corrected chi connectivity index (χ1v) is 12.2. The van der Waals surface area contributed by atoms with Gasteiger partial charge in [-0.2, -0.15) is 0 Å². The van der Waals surface area contributed by atoms with E-state index in [1.54, 1.807) is 18.3 Å². The fourth-order valence-corrected chi connectivity index (χ4v) is 4.76. The molecule has 2 unspecified atom stereocenters. The van der Waals surface area contributed by atoms with Crippen LogP contribution in [0.5, 0.6) is 11.5 Å². The third-order valence-corrected chi connectivity index (χ3v) is 6.72. The molecule has 0 saturated heterocycles. The number of H-pyrrole nitrogens is 1. The van der Waals surface area contributed by atoms with E-state index < -0.39 is 17.4 Å². The summed E-state index contributed by atoms with van der Waals surface area (Å²) in [4.78, 5) is 32.9. The van der Waals surface area contributed by atoms with E-state index in [2.05, 4.69) is 20.6 Å². The predicted molar refractivity (Wildman–Crippen MR) is 133 cm³/mol. The minimum atomic E-state index is -1.21. The van der Waals surface area contributed by atoms with Crippen molar-refractivity contribution in [2.45, 2.75) is 57.0 Å². The molecule has 1 saturated carbocycles. The number of aliphatic hydroxyl groups is 1. The van der Waals surface area contributed by atoms with Crippen LogP contribution in [0.15, 0.2) is 36.7 Å². The molecule has 1 aromatic carbocycles. The molecule has 0 aliphatic heterocycles. The third-order valence-electron chi connectivity index (χ3n) is 6.72. The number of fused-ring (bicyclic) bond motifs is 1. The zero-order valence-electron chi connectivity index (χ0n) is 20.3. The number of aromatic amines is 1. The fraction of sp³-hybridized carbons (Fsp3) is 0.423. The molecule has 6 N–H and O–H groups in total. The van der Waals surface area contributed by atoms with Gasteiger partial charge in [0.15, 0.2) is 11.6 Å². The molecule has 2 atom stereocenters. The van der Waals surface area contributed by atoms with Gasteiger partial charge in [-0.1, -0.05) is 18.9 Å². The Morgan fingerprint density at radius 1 is 1.31 bits per heavy atom. The Balaban J connectivity index is 1.41. The van der Waals surface area contributed by atoms with Crippen molar-refractivity contribution in [2.75, 3.05) is 13.2 Å². The molecular formula is C26H32FN5O4. The Morgan fingerprint density at radius 3 is 2.89 bits per heavy atom. The number of nitrogens with zero attached hydrogens (tertiary/aromatic N) is 1. The monoisotopic (exact) mass is 497 g/mol. The van der Waals surface area contributed by atoms with E-state index in [0.717, 1.165) is 23.8 Å². The van der Waals surface area contributed by atoms with Crippen molar-refractivity contribution in [3.8, 4) is 11.5 Å². The SMILES string of the molecule is Cc1c[nH]c2nccc(Oc3ccc(CCC(=O)NC4(C(=O)NCCO)CCCCC4N)cc3F)c12. The van der Waals surface area contributed by atoms with Crippen LogP contribution >= 0.6 is 0 Å². The summed E-state index contributed by atoms with van der Waals surface area (Å²) in [5.41, 5.74) is 7.29. The van der Waals surface area contributed by atoms with E-state index in [9.17, 15) is 14.0 Å². The van der Waals surface area contributed by atoms with Gasteiger partial charge in [0.05, 0.1) is 12.0 Å². The Labute approximate surface area is 208 Å². The molecule has 1 aliphatic rings. The Hall–Kier alpha value is -3.50. The van der Waals surface area contributed by atoms with Gasteiger partial charge >= 0.3 is 0 Å². The summed E-state index contributed by atoms with van der Waals surface area (Å²) in [6, 6.07) is 5.76. The van der Waals surface area contributed by atoms with Gasteiger partial charge in [0, 0.05) is 31.4 Å². The summed E-state index contributed by atoms with van der Waals surface area (Å²) >= 11 is 0. The molecule has 4 rings (SSSR count). The zero-order valence-corrected chi connectivity index (χ0v) is 20.3. The lowest BCUT2D eigenvalue weighted by Gasteiger charge is -2.41. The number of aryl methyl sites for hydroxylation is 2. The van der Waals surface area contributed by atoms with Gasteiger partial charge in [-0.25, -0.2) is 9.37 Å². The molecule has 1 aliphatic carbocycles. The number of aromatic nitrogens is 2. The smallest absolute Gasteiger partial charge is 0.247 e. The lowest BCUT2D eigenvalue weighted by molar-refractivity contribution is -0.136. The molecule has 2 amide bonds. The van der Waals surface area contributed by atoms with Crippen molar-refractivity contribution in [1.82, 2.24) is 20.6 Å². The number of hydrogen-bond acceptors (Lipinski definition) is 6. The Morgan fingerprint density at radius 2 is 2.14 bits per heavy atom. The number of amides is 2. The molecule has 2 heterocycles. The number of benzene rings is 1. The van der Waals surface area contributed by atoms with Gasteiger partial charge in [-0.15, -0.1) is 0 Å². The minimum Gasteiger partial charge on any atom is -0.453 e. The van der Waals surface area contributed by atoms with E-state index in [0.29, 0.717) is 29.8 Å². The number of nitrogens with two attached hydrogens (primary N) is 1. The molecule has 9 nitrogen and oxygen atoms in total. The number of nitrogens with one attached hydrogen (secondary N) is 3. The van der Waals surface area contributed by atoms with Crippen LogP contribution in [0.25, 0.3) is 11.0 Å². The molecule has 1 fully saturated rings. The number of halogens is 1. The maximum atomic E-state index is 14.9. The van der Waals surface area contributed by atoms with Gasteiger partial charge in [-0.3, -0.25) is 9.59 Å². The third kappa shape index (κ3) is 5.34. The second-order valence-corrected chi connectivity index (χ2v) is 9.22. The number of carbonyl (C=O) groups excluding carboxylic acids is 2. The quantitative estimate of drug-likeness (QED) is 0.308. The number of aliphatic hydroxyl groups excluding tert-OH is 1. The molecule has 0 spiro atoms. The highest BCUT2D eigenvalue weighted by Gasteiger charge is 2.46. The summed E-state index contributed by atoms with van der Waals surface area (Å²) in [5.74, 6) is -0.690. The maximum Gasteiger partial charge on any atom is 0.247 e. The van der Waals surface area contributed by atoms with Crippen LogP contribution in [0.2, 0.25) is 0 Å². The first-order chi connectivity index (χ1) is 17.3. The van der Waals surface area contributed by atoms with Crippen molar-refractivity contribution in [2.24, 2.45) is 5.73 Å². The van der Waals surface area contributed by atoms with Crippen LogP contribution < -0.4 is 21.1 Å². The largest absolute Gasteiger partial charge is 0.453 e. The van der Waals surface area contributed by atoms with E-state index in [1.165, 1.54) is 12.1 Å². The Kier molecular flexibility index (Phi) is 7.85. The number of carbonyl (C=O) groups is 2. The van der Waals surface area contributed by atoms with Crippen LogP contribution in [0.3, 0.4) is 0 Å². The molecule has 192 valence electrons.